The molecule has 0 saturated carbocycles. The lowest BCUT2D eigenvalue weighted by Crippen LogP contribution is -2.43. The van der Waals surface area contributed by atoms with E-state index in [1.165, 1.54) is 4.90 Å². The number of rotatable bonds is 3. The van der Waals surface area contributed by atoms with Gasteiger partial charge in [-0.3, -0.25) is 9.69 Å². The van der Waals surface area contributed by atoms with Gasteiger partial charge in [0.1, 0.15) is 0 Å². The molecule has 0 unspecified atom stereocenters. The number of hydrogen-bond acceptors (Lipinski definition) is 4. The van der Waals surface area contributed by atoms with Crippen molar-refractivity contribution in [2.45, 2.75) is 18.1 Å². The molecule has 0 aliphatic carbocycles. The van der Waals surface area contributed by atoms with Crippen LogP contribution in [0.5, 0.6) is 0 Å². The van der Waals surface area contributed by atoms with Crippen LogP contribution in [-0.4, -0.2) is 63.1 Å². The highest BCUT2D eigenvalue weighted by atomic mass is 35.7. The quantitative estimate of drug-likeness (QED) is 0.682. The van der Waals surface area contributed by atoms with Crippen molar-refractivity contribution in [1.29, 1.82) is 0 Å². The van der Waals surface area contributed by atoms with E-state index in [0.717, 1.165) is 0 Å². The summed E-state index contributed by atoms with van der Waals surface area (Å²) >= 11 is 0. The maximum Gasteiger partial charge on any atom is 0.236 e. The first-order valence-corrected chi connectivity index (χ1v) is 7.54. The number of carbonyl (C=O) groups is 1. The normalized spacial score (nSPS) is 19.7. The Labute approximate surface area is 101 Å². The number of likely N-dealkylation sites (tertiary alicyclic amines) is 1. The third kappa shape index (κ3) is 3.92. The van der Waals surface area contributed by atoms with Gasteiger partial charge in [-0.25, -0.2) is 8.42 Å². The number of piperidine rings is 1. The molecule has 0 atom stereocenters. The Morgan fingerprint density at radius 1 is 1.38 bits per heavy atom. The van der Waals surface area contributed by atoms with Crippen molar-refractivity contribution < 1.29 is 13.2 Å². The second-order valence-electron chi connectivity index (χ2n) is 4.24. The minimum absolute atomic E-state index is 0.0344. The monoisotopic (exact) mass is 268 g/mol. The summed E-state index contributed by atoms with van der Waals surface area (Å²) in [7, 11) is 5.26. The van der Waals surface area contributed by atoms with Gasteiger partial charge in [0.2, 0.25) is 15.0 Å². The van der Waals surface area contributed by atoms with Crippen LogP contribution >= 0.6 is 10.7 Å². The average Bonchev–Trinajstić information content (AvgIpc) is 2.17. The number of nitrogens with zero attached hydrogens (tertiary/aromatic N) is 2. The van der Waals surface area contributed by atoms with Gasteiger partial charge in [-0.1, -0.05) is 0 Å². The van der Waals surface area contributed by atoms with Crippen LogP contribution in [0.2, 0.25) is 0 Å². The Morgan fingerprint density at radius 2 is 1.88 bits per heavy atom. The molecule has 1 fully saturated rings. The van der Waals surface area contributed by atoms with Crippen LogP contribution in [0.15, 0.2) is 0 Å². The summed E-state index contributed by atoms with van der Waals surface area (Å²) in [5.74, 6) is 0.0344. The molecule has 0 radical (unpaired) electrons. The molecule has 0 spiro atoms. The molecule has 1 amide bonds. The van der Waals surface area contributed by atoms with Crippen LogP contribution in [0, 0.1) is 0 Å². The van der Waals surface area contributed by atoms with E-state index in [2.05, 4.69) is 0 Å². The van der Waals surface area contributed by atoms with Gasteiger partial charge in [-0.15, -0.1) is 0 Å². The van der Waals surface area contributed by atoms with E-state index in [0.29, 0.717) is 32.5 Å². The van der Waals surface area contributed by atoms with Crippen LogP contribution in [0.25, 0.3) is 0 Å². The average molecular weight is 269 g/mol. The van der Waals surface area contributed by atoms with Gasteiger partial charge in [0.25, 0.3) is 0 Å². The summed E-state index contributed by atoms with van der Waals surface area (Å²) in [6.45, 7) is 1.56. The summed E-state index contributed by atoms with van der Waals surface area (Å²) < 4.78 is 22.2. The Kier molecular flexibility index (Phi) is 4.58. The lowest BCUT2D eigenvalue weighted by molar-refractivity contribution is -0.130. The molecule has 1 saturated heterocycles. The molecule has 1 aliphatic heterocycles. The van der Waals surface area contributed by atoms with Gasteiger partial charge in [-0.05, 0) is 25.9 Å². The third-order valence-electron chi connectivity index (χ3n) is 2.79. The summed E-state index contributed by atoms with van der Waals surface area (Å²) in [6, 6.07) is 0. The predicted octanol–water partition coefficient (Wildman–Crippen LogP) is 0.108. The van der Waals surface area contributed by atoms with E-state index in [1.807, 2.05) is 4.90 Å². The lowest BCUT2D eigenvalue weighted by atomic mass is 10.1. The van der Waals surface area contributed by atoms with Crippen molar-refractivity contribution in [2.24, 2.45) is 0 Å². The zero-order valence-electron chi connectivity index (χ0n) is 9.52. The maximum absolute atomic E-state index is 11.4. The van der Waals surface area contributed by atoms with E-state index in [-0.39, 0.29) is 5.91 Å². The van der Waals surface area contributed by atoms with Gasteiger partial charge < -0.3 is 4.90 Å². The van der Waals surface area contributed by atoms with E-state index < -0.39 is 14.3 Å². The van der Waals surface area contributed by atoms with Gasteiger partial charge in [0.15, 0.2) is 0 Å². The minimum atomic E-state index is -3.44. The molecule has 1 heterocycles. The first kappa shape index (κ1) is 13.7. The highest BCUT2D eigenvalue weighted by Gasteiger charge is 2.29. The zero-order valence-corrected chi connectivity index (χ0v) is 11.1. The lowest BCUT2D eigenvalue weighted by Gasteiger charge is -2.30. The first-order valence-electron chi connectivity index (χ1n) is 5.16. The smallest absolute Gasteiger partial charge is 0.236 e. The van der Waals surface area contributed by atoms with E-state index in [1.54, 1.807) is 14.1 Å². The topological polar surface area (TPSA) is 57.7 Å². The Morgan fingerprint density at radius 3 is 2.25 bits per heavy atom. The molecule has 0 aromatic carbocycles. The van der Waals surface area contributed by atoms with Crippen LogP contribution in [0.1, 0.15) is 12.8 Å². The second-order valence-corrected chi connectivity index (χ2v) is 7.15. The largest absolute Gasteiger partial charge is 0.348 e. The number of amides is 1. The van der Waals surface area contributed by atoms with Gasteiger partial charge in [-0.2, -0.15) is 0 Å². The molecule has 0 bridgehead atoms. The summed E-state index contributed by atoms with van der Waals surface area (Å²) in [5, 5.41) is -0.458. The van der Waals surface area contributed by atoms with Crippen molar-refractivity contribution in [1.82, 2.24) is 9.80 Å². The highest BCUT2D eigenvalue weighted by molar-refractivity contribution is 8.14. The molecular formula is C9H17ClN2O3S. The van der Waals surface area contributed by atoms with Crippen molar-refractivity contribution in [3.8, 4) is 0 Å². The third-order valence-corrected chi connectivity index (χ3v) is 4.81. The maximum atomic E-state index is 11.4. The number of likely N-dealkylation sites (N-methyl/N-ethyl adjacent to an activating group) is 1. The van der Waals surface area contributed by atoms with Crippen LogP contribution in [0.3, 0.4) is 0 Å². The van der Waals surface area contributed by atoms with Gasteiger partial charge in [0, 0.05) is 24.8 Å². The van der Waals surface area contributed by atoms with Gasteiger partial charge in [0.05, 0.1) is 11.8 Å². The fourth-order valence-corrected chi connectivity index (χ4v) is 2.99. The summed E-state index contributed by atoms with van der Waals surface area (Å²) in [6.07, 6.45) is 1.01. The Balaban J connectivity index is 2.41. The molecule has 7 heteroatoms. The highest BCUT2D eigenvalue weighted by Crippen LogP contribution is 2.20. The van der Waals surface area contributed by atoms with Crippen LogP contribution in [-0.2, 0) is 13.8 Å². The number of carbonyl (C=O) groups excluding carboxylic acids is 1. The fourth-order valence-electron chi connectivity index (χ4n) is 1.68. The number of hydrogen-bond donors (Lipinski definition) is 0. The van der Waals surface area contributed by atoms with Gasteiger partial charge >= 0.3 is 0 Å². The Bertz CT molecular complexity index is 348. The predicted molar refractivity (Wildman–Crippen MR) is 62.9 cm³/mol. The molecule has 1 rings (SSSR count). The van der Waals surface area contributed by atoms with Crippen molar-refractivity contribution in [2.75, 3.05) is 33.7 Å². The van der Waals surface area contributed by atoms with Crippen molar-refractivity contribution in [3.63, 3.8) is 0 Å². The van der Waals surface area contributed by atoms with Crippen LogP contribution < -0.4 is 0 Å². The molecular weight excluding hydrogens is 252 g/mol. The molecule has 0 aromatic heterocycles. The molecule has 1 aliphatic rings. The number of halogens is 1. The zero-order chi connectivity index (χ0) is 12.3. The molecule has 0 aromatic rings. The van der Waals surface area contributed by atoms with E-state index >= 15 is 0 Å². The molecule has 5 nitrogen and oxygen atoms in total. The Hall–Kier alpha value is -0.330. The second kappa shape index (κ2) is 5.33. The minimum Gasteiger partial charge on any atom is -0.348 e. The first-order chi connectivity index (χ1) is 7.30. The SMILES string of the molecule is CN(C)C(=O)CN1CCC(S(=O)(=O)Cl)CC1. The fraction of sp³-hybridized carbons (Fsp3) is 0.889. The van der Waals surface area contributed by atoms with Crippen molar-refractivity contribution in [3.05, 3.63) is 0 Å². The van der Waals surface area contributed by atoms with Crippen molar-refractivity contribution >= 4 is 25.6 Å². The molecule has 94 valence electrons. The summed E-state index contributed by atoms with van der Waals surface area (Å²) in [5.41, 5.74) is 0. The summed E-state index contributed by atoms with van der Waals surface area (Å²) in [4.78, 5) is 14.9. The standard InChI is InChI=1S/C9H17ClN2O3S/c1-11(2)9(13)7-12-5-3-8(4-6-12)16(10,14)15/h8H,3-7H2,1-2H3. The van der Waals surface area contributed by atoms with E-state index in [4.69, 9.17) is 10.7 Å². The van der Waals surface area contributed by atoms with Crippen LogP contribution in [0.4, 0.5) is 0 Å². The molecule has 16 heavy (non-hydrogen) atoms. The van der Waals surface area contributed by atoms with E-state index in [9.17, 15) is 13.2 Å². The molecule has 0 N–H and O–H groups in total.